The third-order valence-corrected chi connectivity index (χ3v) is 3.97. The van der Waals surface area contributed by atoms with E-state index in [4.69, 9.17) is 15.8 Å². The van der Waals surface area contributed by atoms with E-state index in [1.165, 1.54) is 12.1 Å². The minimum absolute atomic E-state index is 0.164. The fourth-order valence-electron chi connectivity index (χ4n) is 2.29. The molecule has 3 heterocycles. The van der Waals surface area contributed by atoms with Crippen LogP contribution in [0, 0.1) is 6.92 Å². The van der Waals surface area contributed by atoms with Crippen LogP contribution in [0.25, 0.3) is 5.65 Å². The van der Waals surface area contributed by atoms with Gasteiger partial charge in [0.15, 0.2) is 0 Å². The molecule has 0 N–H and O–H groups in total. The summed E-state index contributed by atoms with van der Waals surface area (Å²) >= 11 is 5.78. The summed E-state index contributed by atoms with van der Waals surface area (Å²) in [6.07, 6.45) is 2.54. The molecule has 0 aromatic carbocycles. The lowest BCUT2D eigenvalue weighted by Gasteiger charge is -2.12. The van der Waals surface area contributed by atoms with E-state index in [1.54, 1.807) is 23.8 Å². The monoisotopic (exact) mass is 368 g/mol. The molecular formula is C14H13ClN4O4S. The summed E-state index contributed by atoms with van der Waals surface area (Å²) in [5.74, 6) is -0.164. The molecule has 0 bridgehead atoms. The van der Waals surface area contributed by atoms with E-state index in [0.717, 1.165) is 16.3 Å². The van der Waals surface area contributed by atoms with E-state index >= 15 is 0 Å². The molecule has 0 radical (unpaired) electrons. The van der Waals surface area contributed by atoms with Gasteiger partial charge in [0.05, 0.1) is 12.8 Å². The molecule has 0 saturated carbocycles. The molecule has 3 rings (SSSR count). The Morgan fingerprint density at radius 1 is 1.29 bits per heavy atom. The van der Waals surface area contributed by atoms with Crippen LogP contribution < -0.4 is 9.74 Å². The molecule has 3 aromatic heterocycles. The zero-order valence-electron chi connectivity index (χ0n) is 12.8. The summed E-state index contributed by atoms with van der Waals surface area (Å²) in [6.45, 7) is 2.18. The number of hydrogen-bond acceptors (Lipinski definition) is 6. The van der Waals surface area contributed by atoms with Gasteiger partial charge in [0.25, 0.3) is 11.4 Å². The Balaban J connectivity index is 2.12. The first-order valence-corrected chi connectivity index (χ1v) is 9.02. The molecule has 24 heavy (non-hydrogen) atoms. The minimum Gasteiger partial charge on any atom is -0.360 e. The number of nitrogens with zero attached hydrogens (tertiary/aromatic N) is 4. The third kappa shape index (κ3) is 3.41. The Morgan fingerprint density at radius 3 is 2.67 bits per heavy atom. The van der Waals surface area contributed by atoms with Gasteiger partial charge in [0.2, 0.25) is 0 Å². The molecule has 10 heteroatoms. The average Bonchev–Trinajstić information content (AvgIpc) is 2.87. The second-order valence-electron chi connectivity index (χ2n) is 5.24. The molecular weight excluding hydrogens is 356 g/mol. The highest BCUT2D eigenvalue weighted by Gasteiger charge is 2.14. The van der Waals surface area contributed by atoms with Crippen molar-refractivity contribution in [2.24, 2.45) is 0 Å². The van der Waals surface area contributed by atoms with E-state index in [2.05, 4.69) is 10.1 Å². The molecule has 0 atom stereocenters. The summed E-state index contributed by atoms with van der Waals surface area (Å²) in [6, 6.07) is 6.29. The Morgan fingerprint density at radius 2 is 2.04 bits per heavy atom. The predicted octanol–water partition coefficient (Wildman–Crippen LogP) is 1.24. The topological polar surface area (TPSA) is 95.6 Å². The summed E-state index contributed by atoms with van der Waals surface area (Å²) < 4.78 is 30.2. The first-order chi connectivity index (χ1) is 11.2. The SMILES string of the molecule is Cc1cc(=O)n2nc(OS(C)(=O)=O)cc2n1Cc1ccc(Cl)nc1. The van der Waals surface area contributed by atoms with E-state index in [9.17, 15) is 13.2 Å². The molecule has 0 aliphatic heterocycles. The molecule has 0 aliphatic carbocycles. The highest BCUT2D eigenvalue weighted by atomic mass is 35.5. The van der Waals surface area contributed by atoms with Crippen LogP contribution in [0.4, 0.5) is 0 Å². The predicted molar refractivity (Wildman–Crippen MR) is 88.0 cm³/mol. The maximum Gasteiger partial charge on any atom is 0.307 e. The van der Waals surface area contributed by atoms with Crippen molar-refractivity contribution in [2.45, 2.75) is 13.5 Å². The van der Waals surface area contributed by atoms with Gasteiger partial charge in [-0.05, 0) is 18.6 Å². The van der Waals surface area contributed by atoms with Gasteiger partial charge in [-0.2, -0.15) is 12.9 Å². The Hall–Kier alpha value is -2.39. The molecule has 0 saturated heterocycles. The van der Waals surface area contributed by atoms with Gasteiger partial charge >= 0.3 is 10.1 Å². The van der Waals surface area contributed by atoms with Gasteiger partial charge in [-0.15, -0.1) is 5.10 Å². The maximum absolute atomic E-state index is 12.1. The average molecular weight is 369 g/mol. The van der Waals surface area contributed by atoms with Crippen LogP contribution >= 0.6 is 11.6 Å². The molecule has 0 fully saturated rings. The largest absolute Gasteiger partial charge is 0.360 e. The van der Waals surface area contributed by atoms with Crippen molar-refractivity contribution in [3.05, 3.63) is 57.2 Å². The van der Waals surface area contributed by atoms with Crippen LogP contribution in [0.5, 0.6) is 5.88 Å². The quantitative estimate of drug-likeness (QED) is 0.508. The van der Waals surface area contributed by atoms with Crippen molar-refractivity contribution in [2.75, 3.05) is 6.26 Å². The van der Waals surface area contributed by atoms with Crippen LogP contribution in [0.2, 0.25) is 5.15 Å². The van der Waals surface area contributed by atoms with Crippen molar-refractivity contribution in [1.82, 2.24) is 19.2 Å². The number of aromatic nitrogens is 4. The normalized spacial score (nSPS) is 11.8. The Kier molecular flexibility index (Phi) is 4.06. The van der Waals surface area contributed by atoms with E-state index < -0.39 is 10.1 Å². The van der Waals surface area contributed by atoms with Crippen molar-refractivity contribution in [3.8, 4) is 5.88 Å². The number of rotatable bonds is 4. The second kappa shape index (κ2) is 5.91. The number of fused-ring (bicyclic) bond motifs is 1. The number of pyridine rings is 1. The van der Waals surface area contributed by atoms with Gasteiger partial charge in [0, 0.05) is 24.0 Å². The van der Waals surface area contributed by atoms with Gasteiger partial charge in [0.1, 0.15) is 10.8 Å². The zero-order chi connectivity index (χ0) is 17.5. The van der Waals surface area contributed by atoms with Gasteiger partial charge in [-0.25, -0.2) is 4.98 Å². The van der Waals surface area contributed by atoms with Crippen LogP contribution in [0.15, 0.2) is 35.3 Å². The standard InChI is InChI=1S/C14H13ClN4O4S/c1-9-5-14(20)19-13(6-12(17-19)23-24(2,21)22)18(9)8-10-3-4-11(15)16-7-10/h3-7H,8H2,1-2H3. The van der Waals surface area contributed by atoms with Crippen LogP contribution in [0.1, 0.15) is 11.3 Å². The summed E-state index contributed by atoms with van der Waals surface area (Å²) in [5.41, 5.74) is 1.58. The van der Waals surface area contributed by atoms with Gasteiger partial charge in [-0.3, -0.25) is 4.79 Å². The molecule has 3 aromatic rings. The van der Waals surface area contributed by atoms with Crippen LogP contribution in [0.3, 0.4) is 0 Å². The number of hydrogen-bond donors (Lipinski definition) is 0. The second-order valence-corrected chi connectivity index (χ2v) is 7.20. The fraction of sp³-hybridized carbons (Fsp3) is 0.214. The van der Waals surface area contributed by atoms with Crippen molar-refractivity contribution >= 4 is 27.4 Å². The summed E-state index contributed by atoms with van der Waals surface area (Å²) in [5, 5.41) is 4.28. The molecule has 126 valence electrons. The van der Waals surface area contributed by atoms with Crippen molar-refractivity contribution < 1.29 is 12.6 Å². The number of halogens is 1. The van der Waals surface area contributed by atoms with Crippen molar-refractivity contribution in [1.29, 1.82) is 0 Å². The lowest BCUT2D eigenvalue weighted by atomic mass is 10.2. The Bertz CT molecular complexity index is 1070. The maximum atomic E-state index is 12.1. The first kappa shape index (κ1) is 16.5. The lowest BCUT2D eigenvalue weighted by molar-refractivity contribution is 0.480. The van der Waals surface area contributed by atoms with E-state index in [-0.39, 0.29) is 11.4 Å². The minimum atomic E-state index is -3.74. The fourth-order valence-corrected chi connectivity index (χ4v) is 2.79. The first-order valence-electron chi connectivity index (χ1n) is 6.83. The molecule has 0 spiro atoms. The molecule has 0 unspecified atom stereocenters. The smallest absolute Gasteiger partial charge is 0.307 e. The lowest BCUT2D eigenvalue weighted by Crippen LogP contribution is -2.20. The van der Waals surface area contributed by atoms with Gasteiger partial charge in [-0.1, -0.05) is 17.7 Å². The highest BCUT2D eigenvalue weighted by Crippen LogP contribution is 2.17. The zero-order valence-corrected chi connectivity index (χ0v) is 14.4. The van der Waals surface area contributed by atoms with E-state index in [0.29, 0.717) is 23.0 Å². The van der Waals surface area contributed by atoms with Crippen LogP contribution in [-0.4, -0.2) is 33.8 Å². The summed E-state index contributed by atoms with van der Waals surface area (Å²) in [7, 11) is -3.74. The van der Waals surface area contributed by atoms with E-state index in [1.807, 2.05) is 6.07 Å². The molecule has 8 nitrogen and oxygen atoms in total. The third-order valence-electron chi connectivity index (χ3n) is 3.28. The Labute approximate surface area is 142 Å². The van der Waals surface area contributed by atoms with Crippen molar-refractivity contribution in [3.63, 3.8) is 0 Å². The highest BCUT2D eigenvalue weighted by molar-refractivity contribution is 7.86. The molecule has 0 aliphatic rings. The van der Waals surface area contributed by atoms with Crippen LogP contribution in [-0.2, 0) is 16.7 Å². The number of aryl methyl sites for hydroxylation is 1. The van der Waals surface area contributed by atoms with Gasteiger partial charge < -0.3 is 8.75 Å². The molecule has 0 amide bonds. The summed E-state index contributed by atoms with van der Waals surface area (Å²) in [4.78, 5) is 16.1.